The van der Waals surface area contributed by atoms with E-state index >= 15 is 0 Å². The fourth-order valence-corrected chi connectivity index (χ4v) is 5.78. The summed E-state index contributed by atoms with van der Waals surface area (Å²) in [5.74, 6) is -0.371. The normalized spacial score (nSPS) is 20.4. The van der Waals surface area contributed by atoms with Gasteiger partial charge in [-0.05, 0) is 80.6 Å². The van der Waals surface area contributed by atoms with Crippen LogP contribution >= 0.6 is 0 Å². The molecule has 3 aromatic rings. The Labute approximate surface area is 266 Å². The van der Waals surface area contributed by atoms with Crippen molar-refractivity contribution in [2.24, 2.45) is 0 Å². The lowest BCUT2D eigenvalue weighted by atomic mass is 9.85. The molecule has 5 rings (SSSR count). The Kier molecular flexibility index (Phi) is 9.47. The molecule has 2 aromatic carbocycles. The van der Waals surface area contributed by atoms with Crippen LogP contribution < -0.4 is 26.0 Å². The van der Waals surface area contributed by atoms with Crippen molar-refractivity contribution in [3.63, 3.8) is 0 Å². The standard InChI is InChI=1S/C34H37N5O7/c1-22(2)46-32(44)34(33(21-41,38-34)14-16-40)19-24-8-11-25(12-9-24)39-27-13-10-23(18-26(27)31(43)37-20-29(39)42)6-3-4-17-45-28-7-5-15-36-30(28)35/h5,7-13,15-16,18,21-22,38H,3-4,6,14,17,19-20H2,1-2H3,(H2,35,36)(H,37,43)/t33?,34-/m0/s1. The Morgan fingerprint density at radius 2 is 1.85 bits per heavy atom. The third-order valence-corrected chi connectivity index (χ3v) is 8.21. The topological polar surface area (TPSA) is 180 Å². The summed E-state index contributed by atoms with van der Waals surface area (Å²) in [5, 5.41) is 5.64. The third-order valence-electron chi connectivity index (χ3n) is 8.21. The molecule has 1 saturated heterocycles. The zero-order chi connectivity index (χ0) is 32.9. The number of ether oxygens (including phenoxy) is 2. The van der Waals surface area contributed by atoms with Gasteiger partial charge in [-0.2, -0.15) is 0 Å². The number of unbranched alkanes of at least 4 members (excludes halogenated alkanes) is 1. The van der Waals surface area contributed by atoms with Crippen LogP contribution in [0, 0.1) is 0 Å². The summed E-state index contributed by atoms with van der Waals surface area (Å²) >= 11 is 0. The molecule has 0 radical (unpaired) electrons. The average molecular weight is 628 g/mol. The molecule has 2 amide bonds. The summed E-state index contributed by atoms with van der Waals surface area (Å²) < 4.78 is 11.2. The number of aromatic nitrogens is 1. The predicted octanol–water partition coefficient (Wildman–Crippen LogP) is 2.84. The summed E-state index contributed by atoms with van der Waals surface area (Å²) in [7, 11) is 0. The molecular formula is C34H37N5O7. The quantitative estimate of drug-likeness (QED) is 0.104. The van der Waals surface area contributed by atoms with Crippen molar-refractivity contribution >= 4 is 47.5 Å². The van der Waals surface area contributed by atoms with Gasteiger partial charge in [0.1, 0.15) is 23.7 Å². The van der Waals surface area contributed by atoms with Crippen LogP contribution in [-0.2, 0) is 36.8 Å². The highest BCUT2D eigenvalue weighted by molar-refractivity contribution is 6.13. The Bertz CT molecular complexity index is 1640. The van der Waals surface area contributed by atoms with Crippen LogP contribution in [0.5, 0.6) is 5.75 Å². The first-order chi connectivity index (χ1) is 22.1. The van der Waals surface area contributed by atoms with Crippen molar-refractivity contribution in [1.29, 1.82) is 0 Å². The fourth-order valence-electron chi connectivity index (χ4n) is 5.78. The molecule has 46 heavy (non-hydrogen) atoms. The number of carbonyl (C=O) groups excluding carboxylic acids is 5. The largest absolute Gasteiger partial charge is 0.490 e. The number of amides is 2. The molecule has 240 valence electrons. The number of carbonyl (C=O) groups is 5. The van der Waals surface area contributed by atoms with Crippen molar-refractivity contribution in [2.45, 2.75) is 63.1 Å². The van der Waals surface area contributed by atoms with E-state index in [4.69, 9.17) is 15.2 Å². The first kappa shape index (κ1) is 32.3. The lowest BCUT2D eigenvalue weighted by Crippen LogP contribution is -2.40. The van der Waals surface area contributed by atoms with Crippen molar-refractivity contribution in [2.75, 3.05) is 23.8 Å². The second kappa shape index (κ2) is 13.5. The van der Waals surface area contributed by atoms with Crippen molar-refractivity contribution in [1.82, 2.24) is 15.6 Å². The van der Waals surface area contributed by atoms with Gasteiger partial charge in [0, 0.05) is 24.7 Å². The van der Waals surface area contributed by atoms with Gasteiger partial charge in [-0.3, -0.25) is 19.8 Å². The Morgan fingerprint density at radius 1 is 1.09 bits per heavy atom. The van der Waals surface area contributed by atoms with Gasteiger partial charge in [-0.15, -0.1) is 0 Å². The van der Waals surface area contributed by atoms with Gasteiger partial charge < -0.3 is 30.1 Å². The minimum atomic E-state index is -1.38. The van der Waals surface area contributed by atoms with Gasteiger partial charge in [0.15, 0.2) is 11.6 Å². The monoisotopic (exact) mass is 627 g/mol. The zero-order valence-electron chi connectivity index (χ0n) is 25.8. The third kappa shape index (κ3) is 6.47. The number of rotatable bonds is 14. The van der Waals surface area contributed by atoms with E-state index in [0.717, 1.165) is 18.4 Å². The molecule has 2 atom stereocenters. The number of hydrogen-bond acceptors (Lipinski definition) is 10. The van der Waals surface area contributed by atoms with Crippen molar-refractivity contribution in [3.05, 3.63) is 77.5 Å². The van der Waals surface area contributed by atoms with Crippen LogP contribution in [0.25, 0.3) is 0 Å². The number of pyridine rings is 1. The number of fused-ring (bicyclic) bond motifs is 1. The minimum Gasteiger partial charge on any atom is -0.490 e. The second-order valence-corrected chi connectivity index (χ2v) is 11.7. The van der Waals surface area contributed by atoms with Crippen LogP contribution in [0.4, 0.5) is 17.2 Å². The summed E-state index contributed by atoms with van der Waals surface area (Å²) in [6.07, 6.45) is 4.60. The summed E-state index contributed by atoms with van der Waals surface area (Å²) in [6.45, 7) is 3.71. The molecule has 12 nitrogen and oxygen atoms in total. The Morgan fingerprint density at radius 3 is 2.54 bits per heavy atom. The number of esters is 1. The molecule has 1 unspecified atom stereocenters. The van der Waals surface area contributed by atoms with Crippen LogP contribution in [-0.4, -0.2) is 65.7 Å². The van der Waals surface area contributed by atoms with Gasteiger partial charge in [-0.25, -0.2) is 9.78 Å². The SMILES string of the molecule is CC(C)OC(=O)[C@]1(Cc2ccc(N3C(=O)CNC(=O)c4cc(CCCCOc5cccnc5N)ccc43)cc2)NC1(C=O)CC=O. The number of nitrogens with zero attached hydrogens (tertiary/aromatic N) is 2. The van der Waals surface area contributed by atoms with Gasteiger partial charge >= 0.3 is 5.97 Å². The molecule has 2 aliphatic heterocycles. The van der Waals surface area contributed by atoms with Gasteiger partial charge in [0.05, 0.1) is 30.5 Å². The highest BCUT2D eigenvalue weighted by Gasteiger charge is 2.72. The highest BCUT2D eigenvalue weighted by atomic mass is 16.5. The zero-order valence-corrected chi connectivity index (χ0v) is 25.8. The van der Waals surface area contributed by atoms with Crippen LogP contribution in [0.1, 0.15) is 54.6 Å². The molecule has 3 heterocycles. The Balaban J connectivity index is 1.30. The van der Waals surface area contributed by atoms with E-state index in [1.54, 1.807) is 68.6 Å². The number of benzene rings is 2. The fraction of sp³-hybridized carbons (Fsp3) is 0.353. The van der Waals surface area contributed by atoms with E-state index in [1.807, 2.05) is 6.07 Å². The maximum absolute atomic E-state index is 13.2. The molecule has 0 spiro atoms. The van der Waals surface area contributed by atoms with Crippen molar-refractivity contribution < 1.29 is 33.4 Å². The van der Waals surface area contributed by atoms with E-state index in [2.05, 4.69) is 15.6 Å². The molecule has 1 aromatic heterocycles. The van der Waals surface area contributed by atoms with E-state index in [-0.39, 0.29) is 31.2 Å². The number of hydrogen-bond donors (Lipinski definition) is 3. The maximum Gasteiger partial charge on any atom is 0.329 e. The number of aryl methyl sites for hydroxylation is 1. The van der Waals surface area contributed by atoms with Crippen LogP contribution in [0.3, 0.4) is 0 Å². The smallest absolute Gasteiger partial charge is 0.329 e. The summed E-state index contributed by atoms with van der Waals surface area (Å²) in [4.78, 5) is 68.2. The number of nitrogen functional groups attached to an aromatic ring is 1. The van der Waals surface area contributed by atoms with Crippen LogP contribution in [0.2, 0.25) is 0 Å². The maximum atomic E-state index is 13.2. The number of aldehydes is 2. The number of nitrogens with two attached hydrogens (primary N) is 1. The van der Waals surface area contributed by atoms with E-state index in [0.29, 0.717) is 59.7 Å². The number of nitrogens with one attached hydrogen (secondary N) is 2. The molecule has 0 aliphatic carbocycles. The lowest BCUT2D eigenvalue weighted by molar-refractivity contribution is -0.151. The van der Waals surface area contributed by atoms with E-state index in [1.165, 1.54) is 4.90 Å². The summed E-state index contributed by atoms with van der Waals surface area (Å²) in [6, 6.07) is 16.0. The molecule has 12 heteroatoms. The van der Waals surface area contributed by atoms with Crippen LogP contribution in [0.15, 0.2) is 60.8 Å². The first-order valence-electron chi connectivity index (χ1n) is 15.2. The molecule has 0 bridgehead atoms. The van der Waals surface area contributed by atoms with Crippen molar-refractivity contribution in [3.8, 4) is 5.75 Å². The van der Waals surface area contributed by atoms with Gasteiger partial charge in [-0.1, -0.05) is 18.2 Å². The van der Waals surface area contributed by atoms with Gasteiger partial charge in [0.25, 0.3) is 11.8 Å². The minimum absolute atomic E-state index is 0.0972. The molecule has 1 fully saturated rings. The van der Waals surface area contributed by atoms with Gasteiger partial charge in [0.2, 0.25) is 0 Å². The first-order valence-corrected chi connectivity index (χ1v) is 15.2. The van der Waals surface area contributed by atoms with E-state index in [9.17, 15) is 24.0 Å². The second-order valence-electron chi connectivity index (χ2n) is 11.7. The molecule has 2 aliphatic rings. The average Bonchev–Trinajstić information content (AvgIpc) is 3.71. The van der Waals surface area contributed by atoms with E-state index < -0.39 is 23.2 Å². The molecule has 4 N–H and O–H groups in total. The lowest BCUT2D eigenvalue weighted by Gasteiger charge is -2.23. The predicted molar refractivity (Wildman–Crippen MR) is 170 cm³/mol. The summed E-state index contributed by atoms with van der Waals surface area (Å²) in [5.41, 5.74) is 6.11. The molecule has 0 saturated carbocycles. The number of anilines is 3. The molecular weight excluding hydrogens is 590 g/mol. The highest BCUT2D eigenvalue weighted by Crippen LogP contribution is 2.44. The Hall–Kier alpha value is -5.10.